The predicted molar refractivity (Wildman–Crippen MR) is 65.8 cm³/mol. The van der Waals surface area contributed by atoms with Gasteiger partial charge < -0.3 is 10.1 Å². The van der Waals surface area contributed by atoms with Gasteiger partial charge in [0, 0.05) is 43.9 Å². The van der Waals surface area contributed by atoms with Crippen LogP contribution in [0.5, 0.6) is 5.75 Å². The Labute approximate surface area is 102 Å². The highest BCUT2D eigenvalue weighted by atomic mass is 19.1. The molecule has 2 rings (SSSR count). The van der Waals surface area contributed by atoms with Crippen molar-refractivity contribution < 1.29 is 9.13 Å². The second-order valence-electron chi connectivity index (χ2n) is 4.35. The lowest BCUT2D eigenvalue weighted by molar-refractivity contribution is 0.182. The molecule has 1 atom stereocenters. The third-order valence-corrected chi connectivity index (χ3v) is 3.36. The van der Waals surface area contributed by atoms with E-state index < -0.39 is 0 Å². The van der Waals surface area contributed by atoms with Gasteiger partial charge in [-0.2, -0.15) is 0 Å². The number of nitrogens with one attached hydrogen (secondary N) is 1. The van der Waals surface area contributed by atoms with Crippen LogP contribution < -0.4 is 10.1 Å². The number of methoxy groups -OCH3 is 1. The first-order chi connectivity index (χ1) is 8.22. The quantitative estimate of drug-likeness (QED) is 0.869. The van der Waals surface area contributed by atoms with Crippen molar-refractivity contribution in [3.05, 3.63) is 29.6 Å². The van der Waals surface area contributed by atoms with Crippen LogP contribution in [0.2, 0.25) is 0 Å². The van der Waals surface area contributed by atoms with Crippen LogP contribution in [0.3, 0.4) is 0 Å². The first-order valence-electron chi connectivity index (χ1n) is 6.00. The number of nitrogens with zero attached hydrogens (tertiary/aromatic N) is 1. The molecule has 0 spiro atoms. The van der Waals surface area contributed by atoms with Crippen molar-refractivity contribution in [2.45, 2.75) is 13.0 Å². The second kappa shape index (κ2) is 5.47. The summed E-state index contributed by atoms with van der Waals surface area (Å²) >= 11 is 0. The van der Waals surface area contributed by atoms with Crippen LogP contribution in [0.1, 0.15) is 18.5 Å². The molecule has 0 amide bonds. The Hall–Kier alpha value is -1.13. The van der Waals surface area contributed by atoms with Crippen molar-refractivity contribution in [1.82, 2.24) is 10.2 Å². The summed E-state index contributed by atoms with van der Waals surface area (Å²) in [6, 6.07) is 5.20. The topological polar surface area (TPSA) is 24.5 Å². The number of benzene rings is 1. The van der Waals surface area contributed by atoms with Gasteiger partial charge in [0.05, 0.1) is 7.11 Å². The van der Waals surface area contributed by atoms with E-state index in [9.17, 15) is 4.39 Å². The van der Waals surface area contributed by atoms with E-state index >= 15 is 0 Å². The number of piperazine rings is 1. The van der Waals surface area contributed by atoms with Gasteiger partial charge in [0.2, 0.25) is 0 Å². The fraction of sp³-hybridized carbons (Fsp3) is 0.538. The Balaban J connectivity index is 2.15. The molecule has 1 saturated heterocycles. The molecule has 1 aliphatic heterocycles. The van der Waals surface area contributed by atoms with Gasteiger partial charge in [-0.05, 0) is 13.0 Å². The Morgan fingerprint density at radius 3 is 2.65 bits per heavy atom. The molecule has 1 heterocycles. The normalized spacial score (nSPS) is 19.0. The molecule has 1 aromatic carbocycles. The lowest BCUT2D eigenvalue weighted by Crippen LogP contribution is -2.44. The van der Waals surface area contributed by atoms with Crippen molar-refractivity contribution in [2.24, 2.45) is 0 Å². The fourth-order valence-corrected chi connectivity index (χ4v) is 2.24. The molecule has 94 valence electrons. The van der Waals surface area contributed by atoms with E-state index in [2.05, 4.69) is 17.1 Å². The van der Waals surface area contributed by atoms with Crippen LogP contribution in [-0.2, 0) is 0 Å². The number of hydrogen-bond acceptors (Lipinski definition) is 3. The lowest BCUT2D eigenvalue weighted by Gasteiger charge is -2.33. The average molecular weight is 238 g/mol. The maximum absolute atomic E-state index is 13.9. The molecular formula is C13H19FN2O. The summed E-state index contributed by atoms with van der Waals surface area (Å²) in [5, 5.41) is 3.30. The van der Waals surface area contributed by atoms with E-state index in [4.69, 9.17) is 4.74 Å². The van der Waals surface area contributed by atoms with E-state index in [1.807, 2.05) is 12.1 Å². The summed E-state index contributed by atoms with van der Waals surface area (Å²) in [5.74, 6) is 0.383. The molecule has 0 radical (unpaired) electrons. The van der Waals surface area contributed by atoms with Crippen LogP contribution in [0.25, 0.3) is 0 Å². The molecular weight excluding hydrogens is 219 g/mol. The number of halogens is 1. The van der Waals surface area contributed by atoms with Gasteiger partial charge in [-0.15, -0.1) is 0 Å². The zero-order chi connectivity index (χ0) is 12.3. The van der Waals surface area contributed by atoms with Crippen molar-refractivity contribution >= 4 is 0 Å². The van der Waals surface area contributed by atoms with Gasteiger partial charge in [0.25, 0.3) is 0 Å². The lowest BCUT2D eigenvalue weighted by atomic mass is 10.1. The Morgan fingerprint density at radius 2 is 2.06 bits per heavy atom. The monoisotopic (exact) mass is 238 g/mol. The zero-order valence-corrected chi connectivity index (χ0v) is 10.4. The third kappa shape index (κ3) is 2.76. The highest BCUT2D eigenvalue weighted by molar-refractivity contribution is 5.30. The van der Waals surface area contributed by atoms with Gasteiger partial charge in [0.1, 0.15) is 11.6 Å². The smallest absolute Gasteiger partial charge is 0.131 e. The average Bonchev–Trinajstić information content (AvgIpc) is 2.39. The predicted octanol–water partition coefficient (Wildman–Crippen LogP) is 1.80. The number of rotatable bonds is 3. The molecule has 3 nitrogen and oxygen atoms in total. The van der Waals surface area contributed by atoms with E-state index in [1.54, 1.807) is 7.11 Å². The molecule has 0 unspecified atom stereocenters. The molecule has 4 heteroatoms. The molecule has 0 saturated carbocycles. The second-order valence-corrected chi connectivity index (χ2v) is 4.35. The Kier molecular flexibility index (Phi) is 3.97. The minimum absolute atomic E-state index is 0.114. The van der Waals surface area contributed by atoms with Gasteiger partial charge >= 0.3 is 0 Å². The molecule has 1 aliphatic rings. The molecule has 0 aromatic heterocycles. The largest absolute Gasteiger partial charge is 0.497 e. The molecule has 1 N–H and O–H groups in total. The maximum Gasteiger partial charge on any atom is 0.131 e. The molecule has 1 aromatic rings. The van der Waals surface area contributed by atoms with E-state index in [1.165, 1.54) is 6.07 Å². The van der Waals surface area contributed by atoms with Crippen LogP contribution in [0.4, 0.5) is 4.39 Å². The molecule has 1 fully saturated rings. The number of ether oxygens (including phenoxy) is 1. The van der Waals surface area contributed by atoms with Gasteiger partial charge in [-0.3, -0.25) is 4.90 Å². The van der Waals surface area contributed by atoms with Crippen LogP contribution >= 0.6 is 0 Å². The Morgan fingerprint density at radius 1 is 1.35 bits per heavy atom. The summed E-state index contributed by atoms with van der Waals surface area (Å²) in [7, 11) is 1.55. The van der Waals surface area contributed by atoms with Crippen molar-refractivity contribution in [3.63, 3.8) is 0 Å². The van der Waals surface area contributed by atoms with Crippen LogP contribution in [-0.4, -0.2) is 38.2 Å². The standard InChI is InChI=1S/C13H19FN2O/c1-10(16-7-5-15-6-8-16)12-4-3-11(17-2)9-13(12)14/h3-4,9-10,15H,5-8H2,1-2H3/t10-/m0/s1. The maximum atomic E-state index is 13.9. The van der Waals surface area contributed by atoms with E-state index in [0.29, 0.717) is 5.75 Å². The number of hydrogen-bond donors (Lipinski definition) is 1. The summed E-state index contributed by atoms with van der Waals surface area (Å²) in [4.78, 5) is 2.29. The summed E-state index contributed by atoms with van der Waals surface area (Å²) in [5.41, 5.74) is 0.743. The van der Waals surface area contributed by atoms with Crippen molar-refractivity contribution in [3.8, 4) is 5.75 Å². The first kappa shape index (κ1) is 12.3. The van der Waals surface area contributed by atoms with Crippen molar-refractivity contribution in [2.75, 3.05) is 33.3 Å². The summed E-state index contributed by atoms with van der Waals surface area (Å²) < 4.78 is 18.9. The third-order valence-electron chi connectivity index (χ3n) is 3.36. The molecule has 17 heavy (non-hydrogen) atoms. The minimum atomic E-state index is -0.185. The Bertz CT molecular complexity index is 378. The van der Waals surface area contributed by atoms with Crippen LogP contribution in [0.15, 0.2) is 18.2 Å². The molecule has 0 aliphatic carbocycles. The first-order valence-corrected chi connectivity index (χ1v) is 6.00. The summed E-state index contributed by atoms with van der Waals surface area (Å²) in [6.45, 7) is 5.93. The summed E-state index contributed by atoms with van der Waals surface area (Å²) in [6.07, 6.45) is 0. The van der Waals surface area contributed by atoms with Gasteiger partial charge in [-0.1, -0.05) is 6.07 Å². The SMILES string of the molecule is COc1ccc([C@H](C)N2CCNCC2)c(F)c1. The van der Waals surface area contributed by atoms with Gasteiger partial charge in [0.15, 0.2) is 0 Å². The highest BCUT2D eigenvalue weighted by Crippen LogP contribution is 2.26. The minimum Gasteiger partial charge on any atom is -0.497 e. The fourth-order valence-electron chi connectivity index (χ4n) is 2.24. The zero-order valence-electron chi connectivity index (χ0n) is 10.4. The highest BCUT2D eigenvalue weighted by Gasteiger charge is 2.20. The van der Waals surface area contributed by atoms with E-state index in [0.717, 1.165) is 31.7 Å². The van der Waals surface area contributed by atoms with Crippen LogP contribution in [0, 0.1) is 5.82 Å². The van der Waals surface area contributed by atoms with Gasteiger partial charge in [-0.25, -0.2) is 4.39 Å². The molecule has 0 bridgehead atoms. The van der Waals surface area contributed by atoms with Crippen molar-refractivity contribution in [1.29, 1.82) is 0 Å². The van der Waals surface area contributed by atoms with E-state index in [-0.39, 0.29) is 11.9 Å².